The van der Waals surface area contributed by atoms with Gasteiger partial charge in [-0.15, -0.1) is 11.3 Å². The molecular formula is C54H36N2S. The summed E-state index contributed by atoms with van der Waals surface area (Å²) in [6.07, 6.45) is 0. The van der Waals surface area contributed by atoms with Crippen LogP contribution in [-0.4, -0.2) is 4.57 Å². The van der Waals surface area contributed by atoms with Gasteiger partial charge in [0.15, 0.2) is 0 Å². The van der Waals surface area contributed by atoms with E-state index in [1.54, 1.807) is 0 Å². The van der Waals surface area contributed by atoms with Crippen molar-refractivity contribution in [3.63, 3.8) is 0 Å². The van der Waals surface area contributed by atoms with E-state index in [1.165, 1.54) is 81.0 Å². The van der Waals surface area contributed by atoms with Gasteiger partial charge in [-0.25, -0.2) is 0 Å². The first-order valence-corrected chi connectivity index (χ1v) is 20.2. The van der Waals surface area contributed by atoms with Crippen molar-refractivity contribution >= 4 is 70.4 Å². The molecule has 2 nitrogen and oxygen atoms in total. The first kappa shape index (κ1) is 33.2. The molecule has 0 atom stereocenters. The number of thiophene rings is 1. The Balaban J connectivity index is 0.979. The standard InChI is InChI=1S/C54H36N2S/c1-3-12-37(13-4-1)39-24-29-45(30-25-39)55(46-31-26-40(27-32-46)38-14-5-2-6-15-38)47-17-11-16-41(35-47)42-22-23-44-36-48(33-28-43(44)34-42)56-51-20-9-7-18-49(51)54-53(56)50-19-8-10-21-52(50)57-54/h1-36H. The maximum Gasteiger partial charge on any atom is 0.0727 e. The molecular weight excluding hydrogens is 709 g/mol. The van der Waals surface area contributed by atoms with Crippen molar-refractivity contribution < 1.29 is 0 Å². The van der Waals surface area contributed by atoms with Gasteiger partial charge in [-0.05, 0) is 111 Å². The fraction of sp³-hybridized carbons (Fsp3) is 0. The fourth-order valence-electron chi connectivity index (χ4n) is 8.38. The van der Waals surface area contributed by atoms with Gasteiger partial charge in [-0.2, -0.15) is 0 Å². The van der Waals surface area contributed by atoms with Gasteiger partial charge in [-0.3, -0.25) is 0 Å². The largest absolute Gasteiger partial charge is 0.310 e. The van der Waals surface area contributed by atoms with E-state index in [9.17, 15) is 0 Å². The van der Waals surface area contributed by atoms with Crippen LogP contribution in [0.2, 0.25) is 0 Å². The maximum atomic E-state index is 2.45. The SMILES string of the molecule is c1ccc(-c2ccc(N(c3ccc(-c4ccccc4)cc3)c3cccc(-c4ccc5cc(-n6c7ccccc7c7sc8ccccc8c76)ccc5c4)c3)cc2)cc1. The average molecular weight is 745 g/mol. The molecule has 0 N–H and O–H groups in total. The molecule has 268 valence electrons. The van der Waals surface area contributed by atoms with E-state index in [1.807, 2.05) is 11.3 Å². The van der Waals surface area contributed by atoms with Gasteiger partial charge >= 0.3 is 0 Å². The lowest BCUT2D eigenvalue weighted by molar-refractivity contribution is 1.19. The van der Waals surface area contributed by atoms with E-state index in [0.29, 0.717) is 0 Å². The number of aromatic nitrogens is 1. The Labute approximate surface area is 335 Å². The zero-order valence-electron chi connectivity index (χ0n) is 31.1. The van der Waals surface area contributed by atoms with E-state index in [0.717, 1.165) is 17.1 Å². The third-order valence-corrected chi connectivity index (χ3v) is 12.4. The second-order valence-electron chi connectivity index (χ2n) is 14.6. The smallest absolute Gasteiger partial charge is 0.0727 e. The van der Waals surface area contributed by atoms with Crippen LogP contribution in [0.3, 0.4) is 0 Å². The summed E-state index contributed by atoms with van der Waals surface area (Å²) in [7, 11) is 0. The average Bonchev–Trinajstić information content (AvgIpc) is 3.82. The number of para-hydroxylation sites is 1. The van der Waals surface area contributed by atoms with Crippen molar-refractivity contribution in [3.05, 3.63) is 218 Å². The molecule has 0 radical (unpaired) electrons. The van der Waals surface area contributed by atoms with Gasteiger partial charge in [0, 0.05) is 38.2 Å². The molecule has 0 aliphatic rings. The molecule has 11 rings (SSSR count). The van der Waals surface area contributed by atoms with Crippen LogP contribution in [0.25, 0.3) is 81.0 Å². The zero-order valence-corrected chi connectivity index (χ0v) is 31.9. The Kier molecular flexibility index (Phi) is 8.04. The van der Waals surface area contributed by atoms with Crippen LogP contribution in [-0.2, 0) is 0 Å². The van der Waals surface area contributed by atoms with Crippen molar-refractivity contribution in [1.29, 1.82) is 0 Å². The second-order valence-corrected chi connectivity index (χ2v) is 15.6. The van der Waals surface area contributed by atoms with Crippen molar-refractivity contribution in [2.45, 2.75) is 0 Å². The molecule has 0 saturated heterocycles. The molecule has 0 saturated carbocycles. The second kappa shape index (κ2) is 13.8. The molecule has 0 amide bonds. The Hall–Kier alpha value is -7.20. The van der Waals surface area contributed by atoms with Gasteiger partial charge in [0.05, 0.1) is 15.7 Å². The van der Waals surface area contributed by atoms with Gasteiger partial charge in [0.2, 0.25) is 0 Å². The molecule has 2 aromatic heterocycles. The van der Waals surface area contributed by atoms with Gasteiger partial charge in [-0.1, -0.05) is 152 Å². The maximum absolute atomic E-state index is 2.45. The number of benzene rings is 9. The summed E-state index contributed by atoms with van der Waals surface area (Å²) in [5.41, 5.74) is 14.2. The summed E-state index contributed by atoms with van der Waals surface area (Å²) in [5, 5.41) is 5.04. The van der Waals surface area contributed by atoms with Crippen LogP contribution in [0, 0.1) is 0 Å². The molecule has 0 aliphatic carbocycles. The minimum Gasteiger partial charge on any atom is -0.310 e. The molecule has 11 aromatic rings. The predicted molar refractivity (Wildman–Crippen MR) is 245 cm³/mol. The van der Waals surface area contributed by atoms with Crippen LogP contribution in [0.1, 0.15) is 0 Å². The first-order chi connectivity index (χ1) is 28.2. The van der Waals surface area contributed by atoms with Crippen LogP contribution in [0.5, 0.6) is 0 Å². The van der Waals surface area contributed by atoms with E-state index in [4.69, 9.17) is 0 Å². The van der Waals surface area contributed by atoms with E-state index in [-0.39, 0.29) is 0 Å². The third-order valence-electron chi connectivity index (χ3n) is 11.2. The van der Waals surface area contributed by atoms with Crippen LogP contribution < -0.4 is 4.90 Å². The molecule has 0 spiro atoms. The van der Waals surface area contributed by atoms with Crippen LogP contribution in [0.15, 0.2) is 218 Å². The van der Waals surface area contributed by atoms with Gasteiger partial charge in [0.25, 0.3) is 0 Å². The summed E-state index contributed by atoms with van der Waals surface area (Å²) in [5.74, 6) is 0. The topological polar surface area (TPSA) is 8.17 Å². The van der Waals surface area contributed by atoms with Crippen molar-refractivity contribution in [1.82, 2.24) is 4.57 Å². The lowest BCUT2D eigenvalue weighted by atomic mass is 9.99. The molecule has 0 fully saturated rings. The highest BCUT2D eigenvalue weighted by Gasteiger charge is 2.18. The Morgan fingerprint density at radius 1 is 0.351 bits per heavy atom. The van der Waals surface area contributed by atoms with Crippen molar-refractivity contribution in [3.8, 4) is 39.1 Å². The highest BCUT2D eigenvalue weighted by Crippen LogP contribution is 2.43. The summed E-state index contributed by atoms with van der Waals surface area (Å²) in [6.45, 7) is 0. The summed E-state index contributed by atoms with van der Waals surface area (Å²) in [6, 6.07) is 79.2. The quantitative estimate of drug-likeness (QED) is 0.158. The number of rotatable bonds is 7. The molecule has 3 heteroatoms. The molecule has 0 aliphatic heterocycles. The predicted octanol–water partition coefficient (Wildman–Crippen LogP) is 15.6. The molecule has 9 aromatic carbocycles. The lowest BCUT2D eigenvalue weighted by Crippen LogP contribution is -2.10. The molecule has 57 heavy (non-hydrogen) atoms. The Morgan fingerprint density at radius 3 is 1.58 bits per heavy atom. The highest BCUT2D eigenvalue weighted by atomic mass is 32.1. The van der Waals surface area contributed by atoms with Gasteiger partial charge < -0.3 is 9.47 Å². The van der Waals surface area contributed by atoms with Crippen molar-refractivity contribution in [2.24, 2.45) is 0 Å². The van der Waals surface area contributed by atoms with Crippen molar-refractivity contribution in [2.75, 3.05) is 4.90 Å². The fourth-order valence-corrected chi connectivity index (χ4v) is 9.60. The highest BCUT2D eigenvalue weighted by molar-refractivity contribution is 7.26. The zero-order chi connectivity index (χ0) is 37.7. The Morgan fingerprint density at radius 2 is 0.877 bits per heavy atom. The van der Waals surface area contributed by atoms with Crippen LogP contribution in [0.4, 0.5) is 17.1 Å². The summed E-state index contributed by atoms with van der Waals surface area (Å²) in [4.78, 5) is 2.36. The lowest BCUT2D eigenvalue weighted by Gasteiger charge is -2.26. The van der Waals surface area contributed by atoms with Gasteiger partial charge in [0.1, 0.15) is 0 Å². The monoisotopic (exact) mass is 744 g/mol. The Bertz CT molecular complexity index is 3120. The van der Waals surface area contributed by atoms with Crippen LogP contribution >= 0.6 is 11.3 Å². The first-order valence-electron chi connectivity index (χ1n) is 19.4. The third kappa shape index (κ3) is 5.88. The number of anilines is 3. The number of hydrogen-bond donors (Lipinski definition) is 0. The van der Waals surface area contributed by atoms with E-state index >= 15 is 0 Å². The molecule has 0 bridgehead atoms. The molecule has 0 unspecified atom stereocenters. The summed E-state index contributed by atoms with van der Waals surface area (Å²) >= 11 is 1.88. The summed E-state index contributed by atoms with van der Waals surface area (Å²) < 4.78 is 5.12. The number of fused-ring (bicyclic) bond motifs is 6. The minimum absolute atomic E-state index is 1.11. The minimum atomic E-state index is 1.11. The number of nitrogens with zero attached hydrogens (tertiary/aromatic N) is 2. The number of hydrogen-bond acceptors (Lipinski definition) is 2. The normalized spacial score (nSPS) is 11.5. The van der Waals surface area contributed by atoms with E-state index in [2.05, 4.69) is 228 Å². The van der Waals surface area contributed by atoms with E-state index < -0.39 is 0 Å². The molecule has 2 heterocycles.